The average Bonchev–Trinajstić information content (AvgIpc) is 3.43. The molecule has 2 bridgehead atoms. The fourth-order valence-electron chi connectivity index (χ4n) is 6.07. The molecule has 3 aliphatic rings. The summed E-state index contributed by atoms with van der Waals surface area (Å²) < 4.78 is 6.40. The Balaban J connectivity index is 1.67. The number of benzene rings is 1. The van der Waals surface area contributed by atoms with Crippen LogP contribution < -0.4 is 10.6 Å². The first-order valence-electron chi connectivity index (χ1n) is 12.1. The lowest BCUT2D eigenvalue weighted by molar-refractivity contribution is -0.145. The van der Waals surface area contributed by atoms with Crippen LogP contribution in [0, 0.1) is 11.8 Å². The highest BCUT2D eigenvalue weighted by molar-refractivity contribution is 6.02. The number of ether oxygens (including phenoxy) is 1. The number of hydrogen-bond acceptors (Lipinski definition) is 5. The van der Waals surface area contributed by atoms with Crippen LogP contribution >= 0.6 is 0 Å². The summed E-state index contributed by atoms with van der Waals surface area (Å²) in [6.45, 7) is 5.64. The summed E-state index contributed by atoms with van der Waals surface area (Å²) in [6.07, 6.45) is 3.02. The van der Waals surface area contributed by atoms with Gasteiger partial charge in [-0.25, -0.2) is 0 Å². The molecule has 180 valence electrons. The van der Waals surface area contributed by atoms with Crippen molar-refractivity contribution in [2.45, 2.75) is 82.7 Å². The van der Waals surface area contributed by atoms with E-state index in [9.17, 15) is 19.5 Å². The normalized spacial score (nSPS) is 31.9. The van der Waals surface area contributed by atoms with Gasteiger partial charge in [0.1, 0.15) is 11.6 Å². The second kappa shape index (κ2) is 9.43. The van der Waals surface area contributed by atoms with Crippen LogP contribution in [0.4, 0.5) is 5.69 Å². The molecule has 1 aromatic carbocycles. The zero-order chi connectivity index (χ0) is 23.8. The van der Waals surface area contributed by atoms with E-state index in [4.69, 9.17) is 4.74 Å². The highest BCUT2D eigenvalue weighted by atomic mass is 16.5. The van der Waals surface area contributed by atoms with E-state index < -0.39 is 35.6 Å². The van der Waals surface area contributed by atoms with E-state index in [1.165, 1.54) is 4.90 Å². The van der Waals surface area contributed by atoms with E-state index in [-0.39, 0.29) is 30.4 Å². The van der Waals surface area contributed by atoms with E-state index in [2.05, 4.69) is 17.6 Å². The Kier molecular flexibility index (Phi) is 6.77. The van der Waals surface area contributed by atoms with Crippen molar-refractivity contribution in [1.29, 1.82) is 0 Å². The molecule has 1 aromatic rings. The van der Waals surface area contributed by atoms with E-state index in [1.807, 2.05) is 32.0 Å². The Morgan fingerprint density at radius 1 is 1.24 bits per heavy atom. The molecule has 0 aliphatic carbocycles. The second-order valence-corrected chi connectivity index (χ2v) is 9.60. The number of likely N-dealkylation sites (tertiary alicyclic amines) is 1. The number of carbonyl (C=O) groups is 3. The van der Waals surface area contributed by atoms with Gasteiger partial charge in [0.05, 0.1) is 30.6 Å². The van der Waals surface area contributed by atoms with Gasteiger partial charge in [-0.1, -0.05) is 38.5 Å². The van der Waals surface area contributed by atoms with Crippen molar-refractivity contribution < 1.29 is 24.2 Å². The summed E-state index contributed by atoms with van der Waals surface area (Å²) in [6, 6.07) is 7.74. The van der Waals surface area contributed by atoms with Crippen LogP contribution in [0.1, 0.15) is 52.9 Å². The molecule has 33 heavy (non-hydrogen) atoms. The summed E-state index contributed by atoms with van der Waals surface area (Å²) in [5.74, 6) is -2.20. The van der Waals surface area contributed by atoms with E-state index >= 15 is 0 Å². The van der Waals surface area contributed by atoms with Gasteiger partial charge < -0.3 is 25.4 Å². The van der Waals surface area contributed by atoms with Gasteiger partial charge >= 0.3 is 0 Å². The summed E-state index contributed by atoms with van der Waals surface area (Å²) in [7, 11) is 0. The highest BCUT2D eigenvalue weighted by Crippen LogP contribution is 2.59. The first-order chi connectivity index (χ1) is 15.9. The van der Waals surface area contributed by atoms with Crippen molar-refractivity contribution in [3.05, 3.63) is 30.3 Å². The quantitative estimate of drug-likeness (QED) is 0.526. The van der Waals surface area contributed by atoms with E-state index in [0.717, 1.165) is 12.8 Å². The van der Waals surface area contributed by atoms with Gasteiger partial charge in [-0.05, 0) is 44.7 Å². The van der Waals surface area contributed by atoms with Crippen LogP contribution in [0.25, 0.3) is 0 Å². The van der Waals surface area contributed by atoms with Gasteiger partial charge in [-0.3, -0.25) is 14.4 Å². The fraction of sp³-hybridized carbons (Fsp3) is 0.640. The number of carbonyl (C=O) groups excluding carboxylic acids is 3. The van der Waals surface area contributed by atoms with Crippen molar-refractivity contribution >= 4 is 23.4 Å². The zero-order valence-corrected chi connectivity index (χ0v) is 19.6. The third-order valence-corrected chi connectivity index (χ3v) is 7.52. The first kappa shape index (κ1) is 23.7. The summed E-state index contributed by atoms with van der Waals surface area (Å²) >= 11 is 0. The topological polar surface area (TPSA) is 108 Å². The Bertz CT molecular complexity index is 889. The van der Waals surface area contributed by atoms with Crippen LogP contribution in [0.3, 0.4) is 0 Å². The van der Waals surface area contributed by atoms with Crippen molar-refractivity contribution in [2.75, 3.05) is 11.9 Å². The molecule has 7 atom stereocenters. The molecule has 4 rings (SSSR count). The number of nitrogens with one attached hydrogen (secondary N) is 2. The lowest BCUT2D eigenvalue weighted by atomic mass is 9.70. The van der Waals surface area contributed by atoms with Crippen LogP contribution in [0.5, 0.6) is 0 Å². The Morgan fingerprint density at radius 3 is 2.61 bits per heavy atom. The molecule has 3 N–H and O–H groups in total. The molecule has 0 aromatic heterocycles. The monoisotopic (exact) mass is 457 g/mol. The third kappa shape index (κ3) is 3.93. The lowest BCUT2D eigenvalue weighted by Crippen LogP contribution is -2.58. The zero-order valence-electron chi connectivity index (χ0n) is 19.6. The predicted octanol–water partition coefficient (Wildman–Crippen LogP) is 2.08. The number of fused-ring (bicyclic) bond motifs is 1. The van der Waals surface area contributed by atoms with Gasteiger partial charge in [0.15, 0.2) is 0 Å². The summed E-state index contributed by atoms with van der Waals surface area (Å²) in [4.78, 5) is 42.2. The minimum Gasteiger partial charge on any atom is -0.394 e. The molecule has 3 unspecified atom stereocenters. The van der Waals surface area contributed by atoms with E-state index in [0.29, 0.717) is 24.9 Å². The van der Waals surface area contributed by atoms with Crippen LogP contribution in [-0.4, -0.2) is 64.2 Å². The van der Waals surface area contributed by atoms with Crippen LogP contribution in [0.15, 0.2) is 30.3 Å². The number of anilines is 1. The first-order valence-corrected chi connectivity index (χ1v) is 12.1. The van der Waals surface area contributed by atoms with Gasteiger partial charge in [-0.2, -0.15) is 0 Å². The molecule has 0 saturated carbocycles. The minimum atomic E-state index is -1.04. The number of amides is 3. The SMILES string of the molecule is CCCC(C)NC(=O)C1N([C@@H](CC)CO)C(=O)[C@@H]2[C@@H](C(=O)Nc3ccccc3)[C@H]3CCC12O3. The molecule has 3 fully saturated rings. The highest BCUT2D eigenvalue weighted by Gasteiger charge is 2.75. The van der Waals surface area contributed by atoms with Gasteiger partial charge in [0.25, 0.3) is 0 Å². The maximum absolute atomic E-state index is 13.8. The maximum atomic E-state index is 13.8. The predicted molar refractivity (Wildman–Crippen MR) is 123 cm³/mol. The molecule has 0 radical (unpaired) electrons. The molecule has 3 heterocycles. The van der Waals surface area contributed by atoms with Crippen LogP contribution in [0.2, 0.25) is 0 Å². The standard InChI is InChI=1S/C25H35N3O5/c1-4-9-15(3)26-23(31)21-25-13-12-18(33-25)19(22(30)27-16-10-7-6-8-11-16)20(25)24(32)28(21)17(5-2)14-29/h6-8,10-11,15,17-21,29H,4-5,9,12-14H2,1-3H3,(H,26,31)(H,27,30)/t15?,17-,18+,19-,20-,21?,25?/m0/s1. The van der Waals surface area contributed by atoms with Crippen molar-refractivity contribution in [1.82, 2.24) is 10.2 Å². The molecule has 3 saturated heterocycles. The lowest BCUT2D eigenvalue weighted by Gasteiger charge is -2.37. The van der Waals surface area contributed by atoms with Gasteiger partial charge in [0, 0.05) is 11.7 Å². The number of nitrogens with zero attached hydrogens (tertiary/aromatic N) is 1. The number of rotatable bonds is 9. The Morgan fingerprint density at radius 2 is 1.97 bits per heavy atom. The van der Waals surface area contributed by atoms with Crippen molar-refractivity contribution in [3.8, 4) is 0 Å². The van der Waals surface area contributed by atoms with E-state index in [1.54, 1.807) is 12.1 Å². The Labute approximate surface area is 195 Å². The van der Waals surface area contributed by atoms with Crippen molar-refractivity contribution in [3.63, 3.8) is 0 Å². The average molecular weight is 458 g/mol. The smallest absolute Gasteiger partial charge is 0.246 e. The molecule has 1 spiro atoms. The number of aliphatic hydroxyl groups excluding tert-OH is 1. The van der Waals surface area contributed by atoms with Gasteiger partial charge in [-0.15, -0.1) is 0 Å². The molecular formula is C25H35N3O5. The summed E-state index contributed by atoms with van der Waals surface area (Å²) in [5.41, 5.74) is -0.384. The molecule has 3 aliphatic heterocycles. The molecule has 8 nitrogen and oxygen atoms in total. The maximum Gasteiger partial charge on any atom is 0.246 e. The number of para-hydroxylation sites is 1. The molecular weight excluding hydrogens is 422 g/mol. The summed E-state index contributed by atoms with van der Waals surface area (Å²) in [5, 5.41) is 16.0. The van der Waals surface area contributed by atoms with Crippen LogP contribution in [-0.2, 0) is 19.1 Å². The number of aliphatic hydroxyl groups is 1. The second-order valence-electron chi connectivity index (χ2n) is 9.60. The largest absolute Gasteiger partial charge is 0.394 e. The third-order valence-electron chi connectivity index (χ3n) is 7.52. The van der Waals surface area contributed by atoms with Gasteiger partial charge in [0.2, 0.25) is 17.7 Å². The Hall–Kier alpha value is -2.45. The minimum absolute atomic E-state index is 0.0418. The number of hydrogen-bond donors (Lipinski definition) is 3. The fourth-order valence-corrected chi connectivity index (χ4v) is 6.07. The molecule has 3 amide bonds. The molecule has 8 heteroatoms. The van der Waals surface area contributed by atoms with Crippen molar-refractivity contribution in [2.24, 2.45) is 11.8 Å².